The van der Waals surface area contributed by atoms with E-state index in [9.17, 15) is 10.1 Å². The van der Waals surface area contributed by atoms with Gasteiger partial charge in [-0.1, -0.05) is 6.07 Å². The fourth-order valence-electron chi connectivity index (χ4n) is 1.36. The van der Waals surface area contributed by atoms with Gasteiger partial charge >= 0.3 is 0 Å². The normalized spacial score (nSPS) is 10.6. The number of nitro benzene ring substituents is 1. The van der Waals surface area contributed by atoms with Crippen LogP contribution in [0.5, 0.6) is 0 Å². The van der Waals surface area contributed by atoms with Crippen molar-refractivity contribution in [2.45, 2.75) is 6.54 Å². The second kappa shape index (κ2) is 3.12. The Bertz CT molecular complexity index is 490. The average Bonchev–Trinajstić information content (AvgIpc) is 2.59. The highest BCUT2D eigenvalue weighted by atomic mass is 16.6. The largest absolute Gasteiger partial charge is 0.459 e. The summed E-state index contributed by atoms with van der Waals surface area (Å²) in [6.07, 6.45) is 0. The third kappa shape index (κ3) is 1.23. The summed E-state index contributed by atoms with van der Waals surface area (Å²) in [5, 5.41) is 11.1. The molecule has 0 radical (unpaired) electrons. The van der Waals surface area contributed by atoms with Crippen LogP contribution in [0, 0.1) is 10.1 Å². The Hall–Kier alpha value is -1.88. The molecule has 0 amide bonds. The minimum absolute atomic E-state index is 0.0472. The van der Waals surface area contributed by atoms with E-state index in [1.807, 2.05) is 0 Å². The number of non-ortho nitro benzene ring substituents is 1. The molecule has 2 N–H and O–H groups in total. The van der Waals surface area contributed by atoms with Gasteiger partial charge in [0.1, 0.15) is 11.3 Å². The monoisotopic (exact) mass is 192 g/mol. The van der Waals surface area contributed by atoms with Crippen molar-refractivity contribution in [3.63, 3.8) is 0 Å². The van der Waals surface area contributed by atoms with Gasteiger partial charge in [0.25, 0.3) is 5.69 Å². The molecule has 1 aromatic carbocycles. The van der Waals surface area contributed by atoms with E-state index < -0.39 is 4.92 Å². The number of furan rings is 1. The molecule has 0 aliphatic carbocycles. The fraction of sp³-hybridized carbons (Fsp3) is 0.111. The van der Waals surface area contributed by atoms with Crippen LogP contribution in [-0.4, -0.2) is 4.92 Å². The standard InChI is InChI=1S/C9H8N2O3/c10-5-6-4-7-8(11(12)13)2-1-3-9(7)14-6/h1-4H,5,10H2. The van der Waals surface area contributed by atoms with E-state index in [0.29, 0.717) is 16.7 Å². The Morgan fingerprint density at radius 1 is 1.50 bits per heavy atom. The highest BCUT2D eigenvalue weighted by molar-refractivity contribution is 5.87. The van der Waals surface area contributed by atoms with E-state index in [1.165, 1.54) is 6.07 Å². The molecule has 2 aromatic rings. The number of nitro groups is 1. The van der Waals surface area contributed by atoms with E-state index in [1.54, 1.807) is 18.2 Å². The summed E-state index contributed by atoms with van der Waals surface area (Å²) >= 11 is 0. The Morgan fingerprint density at radius 2 is 2.29 bits per heavy atom. The van der Waals surface area contributed by atoms with Crippen LogP contribution in [0.1, 0.15) is 5.76 Å². The second-order valence-electron chi connectivity index (χ2n) is 2.86. The second-order valence-corrected chi connectivity index (χ2v) is 2.86. The maximum absolute atomic E-state index is 10.6. The number of benzene rings is 1. The van der Waals surface area contributed by atoms with Gasteiger partial charge in [0, 0.05) is 6.07 Å². The van der Waals surface area contributed by atoms with Gasteiger partial charge in [-0.25, -0.2) is 0 Å². The Kier molecular flexibility index (Phi) is 1.94. The summed E-state index contributed by atoms with van der Waals surface area (Å²) in [7, 11) is 0. The van der Waals surface area contributed by atoms with Crippen LogP contribution in [0.15, 0.2) is 28.7 Å². The van der Waals surface area contributed by atoms with Gasteiger partial charge in [-0.2, -0.15) is 0 Å². The van der Waals surface area contributed by atoms with Crippen LogP contribution in [0.3, 0.4) is 0 Å². The van der Waals surface area contributed by atoms with Crippen LogP contribution in [0.25, 0.3) is 11.0 Å². The number of nitrogens with zero attached hydrogens (tertiary/aromatic N) is 1. The molecule has 0 saturated carbocycles. The van der Waals surface area contributed by atoms with E-state index in [-0.39, 0.29) is 12.2 Å². The predicted octanol–water partition coefficient (Wildman–Crippen LogP) is 1.80. The lowest BCUT2D eigenvalue weighted by molar-refractivity contribution is -0.383. The van der Waals surface area contributed by atoms with Crippen LogP contribution in [0.4, 0.5) is 5.69 Å². The Labute approximate surface area is 79.3 Å². The van der Waals surface area contributed by atoms with Crippen molar-refractivity contribution < 1.29 is 9.34 Å². The molecule has 2 rings (SSSR count). The molecule has 5 nitrogen and oxygen atoms in total. The van der Waals surface area contributed by atoms with Gasteiger partial charge in [0.05, 0.1) is 16.9 Å². The maximum Gasteiger partial charge on any atom is 0.280 e. The van der Waals surface area contributed by atoms with Gasteiger partial charge in [-0.05, 0) is 12.1 Å². The number of fused-ring (bicyclic) bond motifs is 1. The fourth-order valence-corrected chi connectivity index (χ4v) is 1.36. The zero-order valence-corrected chi connectivity index (χ0v) is 7.27. The molecule has 72 valence electrons. The lowest BCUT2D eigenvalue weighted by Crippen LogP contribution is -1.92. The highest BCUT2D eigenvalue weighted by Crippen LogP contribution is 2.27. The summed E-state index contributed by atoms with van der Waals surface area (Å²) in [6.45, 7) is 0.242. The molecule has 0 spiro atoms. The van der Waals surface area contributed by atoms with Crippen molar-refractivity contribution >= 4 is 16.7 Å². The van der Waals surface area contributed by atoms with Crippen molar-refractivity contribution in [1.82, 2.24) is 0 Å². The Balaban J connectivity index is 2.73. The first-order valence-electron chi connectivity index (χ1n) is 4.08. The minimum Gasteiger partial charge on any atom is -0.459 e. The topological polar surface area (TPSA) is 82.3 Å². The predicted molar refractivity (Wildman–Crippen MR) is 50.8 cm³/mol. The van der Waals surface area contributed by atoms with Crippen molar-refractivity contribution in [3.8, 4) is 0 Å². The number of rotatable bonds is 2. The van der Waals surface area contributed by atoms with Crippen molar-refractivity contribution in [2.75, 3.05) is 0 Å². The maximum atomic E-state index is 10.6. The SMILES string of the molecule is NCc1cc2c([N+](=O)[O-])cccc2o1. The lowest BCUT2D eigenvalue weighted by atomic mass is 10.2. The molecular formula is C9H8N2O3. The molecule has 0 fully saturated rings. The van der Waals surface area contributed by atoms with Gasteiger partial charge < -0.3 is 10.2 Å². The molecule has 5 heteroatoms. The molecular weight excluding hydrogens is 184 g/mol. The Morgan fingerprint density at radius 3 is 2.93 bits per heavy atom. The summed E-state index contributed by atoms with van der Waals surface area (Å²) in [5.41, 5.74) is 5.92. The van der Waals surface area contributed by atoms with Crippen molar-refractivity contribution in [1.29, 1.82) is 0 Å². The molecule has 1 heterocycles. The summed E-state index contributed by atoms with van der Waals surface area (Å²) in [6, 6.07) is 6.32. The lowest BCUT2D eigenvalue weighted by Gasteiger charge is -1.90. The minimum atomic E-state index is -0.432. The zero-order valence-electron chi connectivity index (χ0n) is 7.27. The number of nitrogens with two attached hydrogens (primary N) is 1. The van der Waals surface area contributed by atoms with Gasteiger partial charge in [-0.3, -0.25) is 10.1 Å². The summed E-state index contributed by atoms with van der Waals surface area (Å²) < 4.78 is 5.28. The molecule has 0 aliphatic rings. The molecule has 0 saturated heterocycles. The first-order valence-corrected chi connectivity index (χ1v) is 4.08. The van der Waals surface area contributed by atoms with Crippen molar-refractivity contribution in [2.24, 2.45) is 5.73 Å². The summed E-state index contributed by atoms with van der Waals surface area (Å²) in [4.78, 5) is 10.2. The third-order valence-corrected chi connectivity index (χ3v) is 1.99. The van der Waals surface area contributed by atoms with Crippen LogP contribution in [-0.2, 0) is 6.54 Å². The molecule has 0 aliphatic heterocycles. The highest BCUT2D eigenvalue weighted by Gasteiger charge is 2.14. The molecule has 1 aromatic heterocycles. The van der Waals surface area contributed by atoms with Crippen molar-refractivity contribution in [3.05, 3.63) is 40.1 Å². The van der Waals surface area contributed by atoms with Gasteiger partial charge in [0.2, 0.25) is 0 Å². The smallest absolute Gasteiger partial charge is 0.280 e. The van der Waals surface area contributed by atoms with Gasteiger partial charge in [0.15, 0.2) is 0 Å². The van der Waals surface area contributed by atoms with E-state index in [2.05, 4.69) is 0 Å². The quantitative estimate of drug-likeness (QED) is 0.580. The molecule has 14 heavy (non-hydrogen) atoms. The van der Waals surface area contributed by atoms with Gasteiger partial charge in [-0.15, -0.1) is 0 Å². The number of hydrogen-bond donors (Lipinski definition) is 1. The summed E-state index contributed by atoms with van der Waals surface area (Å²) in [5.74, 6) is 0.550. The van der Waals surface area contributed by atoms with Crippen LogP contribution < -0.4 is 5.73 Å². The molecule has 0 bridgehead atoms. The van der Waals surface area contributed by atoms with Crippen LogP contribution >= 0.6 is 0 Å². The first-order chi connectivity index (χ1) is 6.72. The van der Waals surface area contributed by atoms with E-state index in [0.717, 1.165) is 0 Å². The molecule has 0 unspecified atom stereocenters. The third-order valence-electron chi connectivity index (χ3n) is 1.99. The average molecular weight is 192 g/mol. The molecule has 0 atom stereocenters. The first kappa shape index (κ1) is 8.71. The van der Waals surface area contributed by atoms with Crippen LogP contribution in [0.2, 0.25) is 0 Å². The zero-order chi connectivity index (χ0) is 10.1. The van der Waals surface area contributed by atoms with E-state index >= 15 is 0 Å². The van der Waals surface area contributed by atoms with E-state index in [4.69, 9.17) is 10.2 Å². The number of hydrogen-bond acceptors (Lipinski definition) is 4.